The molecule has 0 fully saturated rings. The first-order valence-electron chi connectivity index (χ1n) is 7.04. The second kappa shape index (κ2) is 7.40. The number of halogens is 7. The lowest BCUT2D eigenvalue weighted by Crippen LogP contribution is -2.33. The van der Waals surface area contributed by atoms with Crippen molar-refractivity contribution in [1.82, 2.24) is 0 Å². The van der Waals surface area contributed by atoms with E-state index >= 15 is 0 Å². The smallest absolute Gasteiger partial charge is 0.428 e. The lowest BCUT2D eigenvalue weighted by molar-refractivity contribution is -0.274. The standard InChI is InChI=1S/C16H12F7NO2/c17-14(18)15(19,20)25-11-5-1-9(2-6-11)13(24)10-3-7-12(8-4-10)26-16(21,22)23/h1-8,13-14H,24H2/t13-/m0/s1. The maximum absolute atomic E-state index is 12.8. The van der Waals surface area contributed by atoms with Crippen molar-refractivity contribution in [1.29, 1.82) is 0 Å². The van der Waals surface area contributed by atoms with E-state index in [0.29, 0.717) is 11.1 Å². The van der Waals surface area contributed by atoms with Crippen molar-refractivity contribution in [3.05, 3.63) is 59.7 Å². The summed E-state index contributed by atoms with van der Waals surface area (Å²) < 4.78 is 93.8. The molecule has 2 aromatic rings. The molecule has 0 aromatic heterocycles. The molecule has 2 N–H and O–H groups in total. The van der Waals surface area contributed by atoms with E-state index in [1.165, 1.54) is 24.3 Å². The molecule has 0 aliphatic heterocycles. The number of hydrogen-bond acceptors (Lipinski definition) is 3. The van der Waals surface area contributed by atoms with Crippen LogP contribution in [0.15, 0.2) is 48.5 Å². The molecular weight excluding hydrogens is 371 g/mol. The van der Waals surface area contributed by atoms with Gasteiger partial charge in [0.2, 0.25) is 0 Å². The highest BCUT2D eigenvalue weighted by Gasteiger charge is 2.43. The molecule has 0 amide bonds. The molecule has 1 atom stereocenters. The van der Waals surface area contributed by atoms with Gasteiger partial charge in [-0.15, -0.1) is 13.2 Å². The molecule has 26 heavy (non-hydrogen) atoms. The fraction of sp³-hybridized carbons (Fsp3) is 0.250. The molecule has 0 unspecified atom stereocenters. The van der Waals surface area contributed by atoms with Gasteiger partial charge in [-0.2, -0.15) is 17.6 Å². The molecule has 0 radical (unpaired) electrons. The Bertz CT molecular complexity index is 715. The molecule has 3 nitrogen and oxygen atoms in total. The summed E-state index contributed by atoms with van der Waals surface area (Å²) in [5, 5.41) is 0. The van der Waals surface area contributed by atoms with Crippen LogP contribution in [-0.4, -0.2) is 18.9 Å². The first-order valence-corrected chi connectivity index (χ1v) is 7.04. The van der Waals surface area contributed by atoms with Gasteiger partial charge in [0.15, 0.2) is 0 Å². The summed E-state index contributed by atoms with van der Waals surface area (Å²) in [5.41, 5.74) is 6.77. The Morgan fingerprint density at radius 1 is 0.692 bits per heavy atom. The zero-order valence-corrected chi connectivity index (χ0v) is 12.8. The summed E-state index contributed by atoms with van der Waals surface area (Å²) in [6.07, 6.45) is -13.4. The number of ether oxygens (including phenoxy) is 2. The molecule has 2 rings (SSSR count). The Morgan fingerprint density at radius 3 is 1.42 bits per heavy atom. The lowest BCUT2D eigenvalue weighted by Gasteiger charge is -2.18. The van der Waals surface area contributed by atoms with E-state index < -0.39 is 36.4 Å². The van der Waals surface area contributed by atoms with Gasteiger partial charge in [0.05, 0.1) is 6.04 Å². The third-order valence-corrected chi connectivity index (χ3v) is 3.22. The molecule has 0 heterocycles. The van der Waals surface area contributed by atoms with Gasteiger partial charge in [-0.25, -0.2) is 0 Å². The molecule has 0 aliphatic rings. The average Bonchev–Trinajstić information content (AvgIpc) is 2.53. The first-order chi connectivity index (χ1) is 12.0. The van der Waals surface area contributed by atoms with E-state index in [1.54, 1.807) is 0 Å². The summed E-state index contributed by atoms with van der Waals surface area (Å²) in [6.45, 7) is 0. The van der Waals surface area contributed by atoms with Crippen molar-refractivity contribution in [3.63, 3.8) is 0 Å². The maximum atomic E-state index is 12.8. The molecule has 0 bridgehead atoms. The minimum absolute atomic E-state index is 0.405. The van der Waals surface area contributed by atoms with Crippen molar-refractivity contribution in [2.45, 2.75) is 24.9 Å². The van der Waals surface area contributed by atoms with Gasteiger partial charge in [0.25, 0.3) is 0 Å². The van der Waals surface area contributed by atoms with E-state index in [0.717, 1.165) is 24.3 Å². The van der Waals surface area contributed by atoms with E-state index in [1.807, 2.05) is 0 Å². The highest BCUT2D eigenvalue weighted by molar-refractivity contribution is 5.37. The summed E-state index contributed by atoms with van der Waals surface area (Å²) in [7, 11) is 0. The molecule has 2 aromatic carbocycles. The van der Waals surface area contributed by atoms with Crippen LogP contribution in [-0.2, 0) is 0 Å². The molecule has 0 spiro atoms. The minimum atomic E-state index is -4.82. The quantitative estimate of drug-likeness (QED) is 0.724. The Labute approximate surface area is 143 Å². The van der Waals surface area contributed by atoms with E-state index in [9.17, 15) is 30.7 Å². The van der Waals surface area contributed by atoms with E-state index in [-0.39, 0.29) is 0 Å². The number of rotatable bonds is 6. The number of alkyl halides is 7. The molecule has 0 aliphatic carbocycles. The van der Waals surface area contributed by atoms with Crippen LogP contribution >= 0.6 is 0 Å². The van der Waals surface area contributed by atoms with Crippen molar-refractivity contribution in [2.75, 3.05) is 0 Å². The fourth-order valence-corrected chi connectivity index (χ4v) is 2.01. The van der Waals surface area contributed by atoms with Gasteiger partial charge in [0, 0.05) is 0 Å². The van der Waals surface area contributed by atoms with Crippen LogP contribution in [0.4, 0.5) is 30.7 Å². The SMILES string of the molecule is N[C@H](c1ccc(OC(F)(F)F)cc1)c1ccc(OC(F)(F)C(F)F)cc1. The van der Waals surface area contributed by atoms with Crippen molar-refractivity contribution >= 4 is 0 Å². The number of hydrogen-bond donors (Lipinski definition) is 1. The normalized spacial score (nSPS) is 13.6. The van der Waals surface area contributed by atoms with Crippen LogP contribution in [0.2, 0.25) is 0 Å². The Morgan fingerprint density at radius 2 is 1.08 bits per heavy atom. The summed E-state index contributed by atoms with van der Waals surface area (Å²) >= 11 is 0. The number of benzene rings is 2. The third-order valence-electron chi connectivity index (χ3n) is 3.22. The average molecular weight is 383 g/mol. The van der Waals surface area contributed by atoms with Crippen molar-refractivity contribution in [2.24, 2.45) is 5.73 Å². The summed E-state index contributed by atoms with van der Waals surface area (Å²) in [4.78, 5) is 0. The monoisotopic (exact) mass is 383 g/mol. The van der Waals surface area contributed by atoms with Gasteiger partial charge >= 0.3 is 18.9 Å². The van der Waals surface area contributed by atoms with Gasteiger partial charge < -0.3 is 15.2 Å². The second-order valence-electron chi connectivity index (χ2n) is 5.13. The molecule has 10 heteroatoms. The number of nitrogens with two attached hydrogens (primary N) is 1. The predicted molar refractivity (Wildman–Crippen MR) is 77.2 cm³/mol. The topological polar surface area (TPSA) is 44.5 Å². The third kappa shape index (κ3) is 5.25. The zero-order valence-electron chi connectivity index (χ0n) is 12.8. The van der Waals surface area contributed by atoms with Crippen LogP contribution in [0.1, 0.15) is 17.2 Å². The highest BCUT2D eigenvalue weighted by Crippen LogP contribution is 2.30. The Kier molecular flexibility index (Phi) is 5.65. The summed E-state index contributed by atoms with van der Waals surface area (Å²) in [5.74, 6) is -0.911. The van der Waals surface area contributed by atoms with Crippen LogP contribution in [0.5, 0.6) is 11.5 Å². The molecule has 0 saturated carbocycles. The zero-order chi connectivity index (χ0) is 19.5. The minimum Gasteiger partial charge on any atom is -0.428 e. The molecule has 0 saturated heterocycles. The summed E-state index contributed by atoms with van der Waals surface area (Å²) in [6, 6.07) is 8.59. The van der Waals surface area contributed by atoms with Crippen molar-refractivity contribution < 1.29 is 40.2 Å². The predicted octanol–water partition coefficient (Wildman–Crippen LogP) is 4.87. The van der Waals surface area contributed by atoms with Gasteiger partial charge in [0.1, 0.15) is 11.5 Å². The molecule has 142 valence electrons. The fourth-order valence-electron chi connectivity index (χ4n) is 2.01. The van der Waals surface area contributed by atoms with Gasteiger partial charge in [-0.05, 0) is 35.4 Å². The Hall–Kier alpha value is -2.49. The largest absolute Gasteiger partial charge is 0.573 e. The molecular formula is C16H12F7NO2. The van der Waals surface area contributed by atoms with Crippen LogP contribution < -0.4 is 15.2 Å². The van der Waals surface area contributed by atoms with E-state index in [2.05, 4.69) is 9.47 Å². The van der Waals surface area contributed by atoms with Crippen molar-refractivity contribution in [3.8, 4) is 11.5 Å². The van der Waals surface area contributed by atoms with Crippen LogP contribution in [0.3, 0.4) is 0 Å². The second-order valence-corrected chi connectivity index (χ2v) is 5.13. The van der Waals surface area contributed by atoms with Gasteiger partial charge in [-0.1, -0.05) is 24.3 Å². The highest BCUT2D eigenvalue weighted by atomic mass is 19.4. The Balaban J connectivity index is 2.09. The van der Waals surface area contributed by atoms with Gasteiger partial charge in [-0.3, -0.25) is 0 Å². The van der Waals surface area contributed by atoms with Crippen LogP contribution in [0.25, 0.3) is 0 Å². The maximum Gasteiger partial charge on any atom is 0.573 e. The first kappa shape index (κ1) is 19.8. The van der Waals surface area contributed by atoms with E-state index in [4.69, 9.17) is 5.73 Å². The lowest BCUT2D eigenvalue weighted by atomic mass is 9.99. The van der Waals surface area contributed by atoms with Crippen LogP contribution in [0, 0.1) is 0 Å².